The van der Waals surface area contributed by atoms with E-state index < -0.39 is 5.60 Å². The monoisotopic (exact) mass is 219 g/mol. The van der Waals surface area contributed by atoms with Crippen molar-refractivity contribution in [3.05, 3.63) is 34.9 Å². The van der Waals surface area contributed by atoms with Crippen LogP contribution in [0.15, 0.2) is 18.2 Å². The molecule has 1 fully saturated rings. The van der Waals surface area contributed by atoms with Crippen LogP contribution in [0.5, 0.6) is 0 Å². The summed E-state index contributed by atoms with van der Waals surface area (Å²) >= 11 is 0. The van der Waals surface area contributed by atoms with E-state index in [-0.39, 0.29) is 6.04 Å². The van der Waals surface area contributed by atoms with E-state index in [1.54, 1.807) is 0 Å². The Morgan fingerprint density at radius 2 is 2.19 bits per heavy atom. The molecule has 16 heavy (non-hydrogen) atoms. The molecule has 0 heterocycles. The van der Waals surface area contributed by atoms with Crippen molar-refractivity contribution >= 4 is 0 Å². The van der Waals surface area contributed by atoms with Crippen molar-refractivity contribution < 1.29 is 5.11 Å². The Morgan fingerprint density at radius 1 is 1.44 bits per heavy atom. The summed E-state index contributed by atoms with van der Waals surface area (Å²) in [5.41, 5.74) is 9.08. The normalized spacial score (nSPS) is 29.6. The van der Waals surface area contributed by atoms with Gasteiger partial charge >= 0.3 is 0 Å². The molecule has 1 aromatic rings. The number of benzene rings is 1. The van der Waals surface area contributed by atoms with Gasteiger partial charge in [-0.3, -0.25) is 0 Å². The predicted molar refractivity (Wildman–Crippen MR) is 66.4 cm³/mol. The second kappa shape index (κ2) is 4.19. The molecule has 2 rings (SSSR count). The van der Waals surface area contributed by atoms with Crippen molar-refractivity contribution in [1.82, 2.24) is 0 Å². The van der Waals surface area contributed by atoms with Gasteiger partial charge < -0.3 is 10.8 Å². The standard InChI is InChI=1S/C14H21NO/c1-10-3-4-11(2)12(7-10)8-14(16)6-5-13(15)9-14/h3-4,7,13,16H,5-6,8-9,15H2,1-2H3. The van der Waals surface area contributed by atoms with Crippen LogP contribution in [-0.4, -0.2) is 16.7 Å². The van der Waals surface area contributed by atoms with Crippen LogP contribution in [0.3, 0.4) is 0 Å². The summed E-state index contributed by atoms with van der Waals surface area (Å²) in [4.78, 5) is 0. The molecule has 2 unspecified atom stereocenters. The first-order valence-electron chi connectivity index (χ1n) is 6.03. The van der Waals surface area contributed by atoms with Crippen molar-refractivity contribution in [2.45, 2.75) is 51.2 Å². The molecule has 1 aliphatic rings. The molecular weight excluding hydrogens is 198 g/mol. The van der Waals surface area contributed by atoms with Gasteiger partial charge in [-0.15, -0.1) is 0 Å². The summed E-state index contributed by atoms with van der Waals surface area (Å²) in [6, 6.07) is 6.60. The Hall–Kier alpha value is -0.860. The number of aliphatic hydroxyl groups is 1. The first-order chi connectivity index (χ1) is 7.48. The fourth-order valence-electron chi connectivity index (χ4n) is 2.65. The maximum absolute atomic E-state index is 10.5. The van der Waals surface area contributed by atoms with Crippen molar-refractivity contribution in [3.63, 3.8) is 0 Å². The molecule has 3 N–H and O–H groups in total. The average Bonchev–Trinajstić information content (AvgIpc) is 2.52. The highest BCUT2D eigenvalue weighted by Gasteiger charge is 2.35. The topological polar surface area (TPSA) is 46.2 Å². The molecule has 2 heteroatoms. The highest BCUT2D eigenvalue weighted by Crippen LogP contribution is 2.32. The summed E-state index contributed by atoms with van der Waals surface area (Å²) in [7, 11) is 0. The van der Waals surface area contributed by atoms with E-state index in [1.807, 2.05) is 0 Å². The van der Waals surface area contributed by atoms with Crippen LogP contribution in [0.1, 0.15) is 36.0 Å². The van der Waals surface area contributed by atoms with Crippen LogP contribution in [0, 0.1) is 13.8 Å². The van der Waals surface area contributed by atoms with Gasteiger partial charge in [-0.05, 0) is 44.2 Å². The number of nitrogens with two attached hydrogens (primary N) is 1. The summed E-state index contributed by atoms with van der Waals surface area (Å²) < 4.78 is 0. The highest BCUT2D eigenvalue weighted by atomic mass is 16.3. The van der Waals surface area contributed by atoms with Gasteiger partial charge in [-0.25, -0.2) is 0 Å². The summed E-state index contributed by atoms with van der Waals surface area (Å²) in [5.74, 6) is 0. The maximum atomic E-state index is 10.5. The molecule has 1 aromatic carbocycles. The molecule has 0 bridgehead atoms. The lowest BCUT2D eigenvalue weighted by atomic mass is 9.90. The van der Waals surface area contributed by atoms with Crippen LogP contribution in [0.2, 0.25) is 0 Å². The van der Waals surface area contributed by atoms with E-state index >= 15 is 0 Å². The predicted octanol–water partition coefficient (Wildman–Crippen LogP) is 2.09. The number of hydrogen-bond acceptors (Lipinski definition) is 2. The fourth-order valence-corrected chi connectivity index (χ4v) is 2.65. The van der Waals surface area contributed by atoms with Crippen LogP contribution in [0.25, 0.3) is 0 Å². The van der Waals surface area contributed by atoms with Gasteiger partial charge in [0.1, 0.15) is 0 Å². The van der Waals surface area contributed by atoms with Crippen LogP contribution < -0.4 is 5.73 Å². The SMILES string of the molecule is Cc1ccc(C)c(CC2(O)CCC(N)C2)c1. The quantitative estimate of drug-likeness (QED) is 0.800. The minimum Gasteiger partial charge on any atom is -0.389 e. The Bertz CT molecular complexity index is 388. The molecule has 88 valence electrons. The van der Waals surface area contributed by atoms with Crippen molar-refractivity contribution in [3.8, 4) is 0 Å². The molecule has 0 aliphatic heterocycles. The zero-order chi connectivity index (χ0) is 11.8. The molecule has 2 atom stereocenters. The van der Waals surface area contributed by atoms with Crippen molar-refractivity contribution in [2.24, 2.45) is 5.73 Å². The Balaban J connectivity index is 2.17. The molecule has 0 spiro atoms. The lowest BCUT2D eigenvalue weighted by Crippen LogP contribution is -2.30. The Kier molecular flexibility index (Phi) is 3.04. The van der Waals surface area contributed by atoms with E-state index in [1.165, 1.54) is 16.7 Å². The molecule has 0 aromatic heterocycles. The lowest BCUT2D eigenvalue weighted by molar-refractivity contribution is 0.0467. The zero-order valence-electron chi connectivity index (χ0n) is 10.2. The van der Waals surface area contributed by atoms with Crippen LogP contribution in [-0.2, 0) is 6.42 Å². The van der Waals surface area contributed by atoms with Gasteiger partial charge in [0.05, 0.1) is 5.60 Å². The summed E-state index contributed by atoms with van der Waals surface area (Å²) in [6.45, 7) is 4.19. The minimum atomic E-state index is -0.571. The molecule has 1 aliphatic carbocycles. The Morgan fingerprint density at radius 3 is 2.81 bits per heavy atom. The lowest BCUT2D eigenvalue weighted by Gasteiger charge is -2.23. The molecule has 0 radical (unpaired) electrons. The third kappa shape index (κ3) is 2.45. The zero-order valence-corrected chi connectivity index (χ0v) is 10.2. The third-order valence-electron chi connectivity index (χ3n) is 3.65. The van der Waals surface area contributed by atoms with Gasteiger partial charge in [0.25, 0.3) is 0 Å². The van der Waals surface area contributed by atoms with E-state index in [0.717, 1.165) is 25.7 Å². The molecule has 0 saturated heterocycles. The second-order valence-corrected chi connectivity index (χ2v) is 5.33. The fraction of sp³-hybridized carbons (Fsp3) is 0.571. The first kappa shape index (κ1) is 11.6. The van der Waals surface area contributed by atoms with Gasteiger partial charge in [-0.2, -0.15) is 0 Å². The highest BCUT2D eigenvalue weighted by molar-refractivity contribution is 5.31. The number of rotatable bonds is 2. The molecular formula is C14H21NO. The van der Waals surface area contributed by atoms with Gasteiger partial charge in [-0.1, -0.05) is 23.8 Å². The second-order valence-electron chi connectivity index (χ2n) is 5.33. The molecule has 0 amide bonds. The van der Waals surface area contributed by atoms with Gasteiger partial charge in [0.15, 0.2) is 0 Å². The van der Waals surface area contributed by atoms with Crippen LogP contribution in [0.4, 0.5) is 0 Å². The van der Waals surface area contributed by atoms with Crippen molar-refractivity contribution in [2.75, 3.05) is 0 Å². The smallest absolute Gasteiger partial charge is 0.0703 e. The summed E-state index contributed by atoms with van der Waals surface area (Å²) in [5, 5.41) is 10.5. The summed E-state index contributed by atoms with van der Waals surface area (Å²) in [6.07, 6.45) is 3.26. The third-order valence-corrected chi connectivity index (χ3v) is 3.65. The Labute approximate surface area is 97.5 Å². The van der Waals surface area contributed by atoms with Crippen molar-refractivity contribution in [1.29, 1.82) is 0 Å². The number of hydrogen-bond donors (Lipinski definition) is 2. The molecule has 2 nitrogen and oxygen atoms in total. The maximum Gasteiger partial charge on any atom is 0.0703 e. The van der Waals surface area contributed by atoms with E-state index in [9.17, 15) is 5.11 Å². The van der Waals surface area contributed by atoms with E-state index in [4.69, 9.17) is 5.73 Å². The van der Waals surface area contributed by atoms with Gasteiger partial charge in [0, 0.05) is 12.5 Å². The largest absolute Gasteiger partial charge is 0.389 e. The first-order valence-corrected chi connectivity index (χ1v) is 6.03. The van der Waals surface area contributed by atoms with E-state index in [2.05, 4.69) is 32.0 Å². The average molecular weight is 219 g/mol. The van der Waals surface area contributed by atoms with E-state index in [0.29, 0.717) is 0 Å². The molecule has 1 saturated carbocycles. The minimum absolute atomic E-state index is 0.176. The van der Waals surface area contributed by atoms with Gasteiger partial charge in [0.2, 0.25) is 0 Å². The van der Waals surface area contributed by atoms with Crippen LogP contribution >= 0.6 is 0 Å². The number of aryl methyl sites for hydroxylation is 2.